The molecule has 1 aliphatic heterocycles. The lowest BCUT2D eigenvalue weighted by atomic mass is 9.93. The molecule has 1 aliphatic carbocycles. The number of carbonyl (C=O) groups is 2. The Kier molecular flexibility index (Phi) is 4.93. The van der Waals surface area contributed by atoms with Crippen molar-refractivity contribution in [1.29, 1.82) is 0 Å². The zero-order valence-corrected chi connectivity index (χ0v) is 18.1. The Hall–Kier alpha value is -2.93. The maximum absolute atomic E-state index is 12.7. The van der Waals surface area contributed by atoms with Gasteiger partial charge in [0.1, 0.15) is 6.04 Å². The van der Waals surface area contributed by atoms with Crippen LogP contribution in [-0.4, -0.2) is 50.6 Å². The Labute approximate surface area is 185 Å². The summed E-state index contributed by atoms with van der Waals surface area (Å²) in [5.74, 6) is 0.248. The Morgan fingerprint density at radius 1 is 1.10 bits per heavy atom. The van der Waals surface area contributed by atoms with E-state index in [-0.39, 0.29) is 11.8 Å². The maximum atomic E-state index is 12.7. The van der Waals surface area contributed by atoms with Gasteiger partial charge in [-0.1, -0.05) is 11.6 Å². The largest absolute Gasteiger partial charge is 0.341 e. The molecule has 2 fully saturated rings. The maximum Gasteiger partial charge on any atom is 0.253 e. The zero-order chi connectivity index (χ0) is 21.6. The van der Waals surface area contributed by atoms with Crippen molar-refractivity contribution in [3.05, 3.63) is 53.3 Å². The summed E-state index contributed by atoms with van der Waals surface area (Å²) in [6, 6.07) is 8.38. The molecule has 2 aliphatic rings. The monoisotopic (exact) mass is 437 g/mol. The molecular formula is C23H24ClN5O2. The van der Waals surface area contributed by atoms with E-state index in [2.05, 4.69) is 15.4 Å². The fourth-order valence-electron chi connectivity index (χ4n) is 4.31. The fraction of sp³-hybridized carbons (Fsp3) is 0.391. The lowest BCUT2D eigenvalue weighted by Gasteiger charge is -2.33. The van der Waals surface area contributed by atoms with Gasteiger partial charge in [0.2, 0.25) is 5.91 Å². The highest BCUT2D eigenvalue weighted by molar-refractivity contribution is 6.31. The summed E-state index contributed by atoms with van der Waals surface area (Å²) < 4.78 is 1.68. The molecule has 1 saturated carbocycles. The number of pyridine rings is 1. The molecule has 7 nitrogen and oxygen atoms in total. The average Bonchev–Trinajstić information content (AvgIpc) is 3.40. The molecule has 160 valence electrons. The second kappa shape index (κ2) is 7.64. The third kappa shape index (κ3) is 3.90. The topological polar surface area (TPSA) is 80.1 Å². The Morgan fingerprint density at radius 3 is 2.55 bits per heavy atom. The van der Waals surface area contributed by atoms with Gasteiger partial charge in [0, 0.05) is 29.7 Å². The number of rotatable bonds is 4. The van der Waals surface area contributed by atoms with Gasteiger partial charge in [0.15, 0.2) is 5.82 Å². The second-order valence-corrected chi connectivity index (χ2v) is 9.12. The third-order valence-corrected chi connectivity index (χ3v) is 6.81. The molecule has 1 atom stereocenters. The van der Waals surface area contributed by atoms with Gasteiger partial charge in [-0.25, -0.2) is 9.67 Å². The summed E-state index contributed by atoms with van der Waals surface area (Å²) in [7, 11) is 0. The first-order valence-electron chi connectivity index (χ1n) is 10.6. The molecule has 1 spiro atoms. The number of aromatic nitrogens is 3. The van der Waals surface area contributed by atoms with E-state index < -0.39 is 6.04 Å². The predicted octanol–water partition coefficient (Wildman–Crippen LogP) is 3.59. The van der Waals surface area contributed by atoms with Crippen LogP contribution in [0.3, 0.4) is 0 Å². The number of hydrogen-bond donors (Lipinski definition) is 1. The minimum Gasteiger partial charge on any atom is -0.341 e. The van der Waals surface area contributed by atoms with Gasteiger partial charge in [-0.15, -0.1) is 0 Å². The second-order valence-electron chi connectivity index (χ2n) is 8.69. The molecule has 1 saturated heterocycles. The van der Waals surface area contributed by atoms with E-state index in [0.717, 1.165) is 36.8 Å². The molecule has 5 rings (SSSR count). The molecule has 3 heterocycles. The van der Waals surface area contributed by atoms with Crippen LogP contribution < -0.4 is 5.32 Å². The molecule has 2 amide bonds. The van der Waals surface area contributed by atoms with Crippen LogP contribution in [0.25, 0.3) is 16.7 Å². The summed E-state index contributed by atoms with van der Waals surface area (Å²) in [4.78, 5) is 31.6. The van der Waals surface area contributed by atoms with Crippen LogP contribution in [0.4, 0.5) is 0 Å². The van der Waals surface area contributed by atoms with E-state index in [1.54, 1.807) is 29.9 Å². The predicted molar refractivity (Wildman–Crippen MR) is 118 cm³/mol. The highest BCUT2D eigenvalue weighted by Crippen LogP contribution is 2.53. The van der Waals surface area contributed by atoms with Gasteiger partial charge in [0.25, 0.3) is 5.91 Å². The average molecular weight is 438 g/mol. The summed E-state index contributed by atoms with van der Waals surface area (Å²) >= 11 is 6.10. The van der Waals surface area contributed by atoms with Crippen molar-refractivity contribution in [3.8, 4) is 5.82 Å². The lowest BCUT2D eigenvalue weighted by molar-refractivity contribution is -0.134. The molecule has 1 N–H and O–H groups in total. The van der Waals surface area contributed by atoms with Gasteiger partial charge in [-0.3, -0.25) is 9.59 Å². The van der Waals surface area contributed by atoms with Gasteiger partial charge in [0.05, 0.1) is 17.3 Å². The molecule has 8 heteroatoms. The number of hydrogen-bond acceptors (Lipinski definition) is 4. The van der Waals surface area contributed by atoms with Gasteiger partial charge >= 0.3 is 0 Å². The van der Waals surface area contributed by atoms with E-state index in [0.29, 0.717) is 21.8 Å². The number of nitrogens with one attached hydrogen (secondary N) is 1. The van der Waals surface area contributed by atoms with E-state index in [9.17, 15) is 9.59 Å². The Bertz CT molecular complexity index is 1140. The third-order valence-electron chi connectivity index (χ3n) is 6.57. The molecular weight excluding hydrogens is 414 g/mol. The molecule has 0 bridgehead atoms. The van der Waals surface area contributed by atoms with Crippen LogP contribution in [0.2, 0.25) is 5.02 Å². The minimum absolute atomic E-state index is 0.0201. The number of benzene rings is 1. The fourth-order valence-corrected chi connectivity index (χ4v) is 4.48. The summed E-state index contributed by atoms with van der Waals surface area (Å²) in [6.07, 6.45) is 8.00. The summed E-state index contributed by atoms with van der Waals surface area (Å²) in [5.41, 5.74) is 1.75. The lowest BCUT2D eigenvalue weighted by Crippen LogP contribution is -2.49. The van der Waals surface area contributed by atoms with Crippen molar-refractivity contribution in [2.24, 2.45) is 5.41 Å². The van der Waals surface area contributed by atoms with Crippen molar-refractivity contribution in [3.63, 3.8) is 0 Å². The highest BCUT2D eigenvalue weighted by Gasteiger charge is 2.45. The molecule has 3 aromatic rings. The smallest absolute Gasteiger partial charge is 0.253 e. The van der Waals surface area contributed by atoms with Gasteiger partial charge < -0.3 is 10.2 Å². The number of piperidine rings is 1. The zero-order valence-electron chi connectivity index (χ0n) is 17.3. The number of carbonyl (C=O) groups excluding carboxylic acids is 2. The van der Waals surface area contributed by atoms with Crippen LogP contribution in [0.1, 0.15) is 43.0 Å². The molecule has 2 aromatic heterocycles. The number of fused-ring (bicyclic) bond motifs is 1. The molecule has 0 radical (unpaired) electrons. The van der Waals surface area contributed by atoms with E-state index >= 15 is 0 Å². The van der Waals surface area contributed by atoms with Crippen molar-refractivity contribution >= 4 is 34.3 Å². The van der Waals surface area contributed by atoms with E-state index in [1.807, 2.05) is 23.1 Å². The Balaban J connectivity index is 1.24. The van der Waals surface area contributed by atoms with Crippen LogP contribution in [0.5, 0.6) is 0 Å². The normalized spacial score (nSPS) is 18.2. The molecule has 1 aromatic carbocycles. The van der Waals surface area contributed by atoms with Crippen LogP contribution in [-0.2, 0) is 4.79 Å². The summed E-state index contributed by atoms with van der Waals surface area (Å²) in [6.45, 7) is 3.32. The Morgan fingerprint density at radius 2 is 1.87 bits per heavy atom. The van der Waals surface area contributed by atoms with Gasteiger partial charge in [-0.05, 0) is 68.4 Å². The van der Waals surface area contributed by atoms with Crippen molar-refractivity contribution in [1.82, 2.24) is 25.0 Å². The number of nitrogens with zero attached hydrogens (tertiary/aromatic N) is 4. The van der Waals surface area contributed by atoms with E-state index in [4.69, 9.17) is 11.6 Å². The van der Waals surface area contributed by atoms with Crippen LogP contribution in [0, 0.1) is 5.41 Å². The highest BCUT2D eigenvalue weighted by atomic mass is 35.5. The first kappa shape index (κ1) is 20.0. The first-order chi connectivity index (χ1) is 14.9. The number of likely N-dealkylation sites (tertiary alicyclic amines) is 1. The van der Waals surface area contributed by atoms with Crippen molar-refractivity contribution in [2.45, 2.75) is 38.6 Å². The standard InChI is InChI=1S/C23H24ClN5O2/c1-15(22(31)28-10-8-23(6-7-23)9-11-28)27-21(30)17-3-5-20(25-13-17)29-19-12-18(24)4-2-16(19)14-26-29/h2-5,12-15H,6-11H2,1H3,(H,27,30)/t15-/m0/s1. The SMILES string of the molecule is C[C@H](NC(=O)c1ccc(-n2ncc3ccc(Cl)cc32)nc1)C(=O)N1CCC2(CC1)CC2. The van der Waals surface area contributed by atoms with E-state index in [1.165, 1.54) is 19.0 Å². The summed E-state index contributed by atoms with van der Waals surface area (Å²) in [5, 5.41) is 8.74. The molecule has 31 heavy (non-hydrogen) atoms. The minimum atomic E-state index is -0.572. The van der Waals surface area contributed by atoms with Crippen molar-refractivity contribution in [2.75, 3.05) is 13.1 Å². The van der Waals surface area contributed by atoms with Crippen LogP contribution >= 0.6 is 11.6 Å². The van der Waals surface area contributed by atoms with Gasteiger partial charge in [-0.2, -0.15) is 5.10 Å². The van der Waals surface area contributed by atoms with Crippen molar-refractivity contribution < 1.29 is 9.59 Å². The van der Waals surface area contributed by atoms with Crippen LogP contribution in [0.15, 0.2) is 42.7 Å². The molecule has 0 unspecified atom stereocenters. The number of amides is 2. The quantitative estimate of drug-likeness (QED) is 0.676. The number of halogens is 1. The first-order valence-corrected chi connectivity index (χ1v) is 11.0.